The Hall–Kier alpha value is -2.26. The molecule has 2 aromatic carbocycles. The number of phenols is 1. The van der Waals surface area contributed by atoms with Crippen molar-refractivity contribution >= 4 is 34.8 Å². The molecule has 0 fully saturated rings. The molecule has 0 aliphatic carbocycles. The Kier molecular flexibility index (Phi) is 2.76. The van der Waals surface area contributed by atoms with E-state index in [9.17, 15) is 9.90 Å². The zero-order valence-electron chi connectivity index (χ0n) is 9.85. The molecule has 1 amide bonds. The van der Waals surface area contributed by atoms with Crippen LogP contribution in [0, 0.1) is 0 Å². The molecular formula is C15H10ClNO2. The van der Waals surface area contributed by atoms with E-state index in [1.54, 1.807) is 48.5 Å². The first kappa shape index (κ1) is 11.8. The van der Waals surface area contributed by atoms with E-state index >= 15 is 0 Å². The Bertz CT molecular complexity index is 707. The van der Waals surface area contributed by atoms with Gasteiger partial charge in [0.15, 0.2) is 0 Å². The highest BCUT2D eigenvalue weighted by Gasteiger charge is 2.24. The second kappa shape index (κ2) is 4.44. The first-order valence-corrected chi connectivity index (χ1v) is 6.14. The summed E-state index contributed by atoms with van der Waals surface area (Å²) in [6, 6.07) is 12.1. The highest BCUT2D eigenvalue weighted by Crippen LogP contribution is 2.35. The monoisotopic (exact) mass is 271 g/mol. The van der Waals surface area contributed by atoms with Gasteiger partial charge >= 0.3 is 0 Å². The van der Waals surface area contributed by atoms with Crippen LogP contribution in [-0.4, -0.2) is 11.0 Å². The number of carbonyl (C=O) groups excluding carboxylic acids is 1. The Morgan fingerprint density at radius 2 is 1.95 bits per heavy atom. The molecule has 0 saturated carbocycles. The second-order valence-electron chi connectivity index (χ2n) is 4.26. The SMILES string of the molecule is O=C1Nc2ccc(Cl)cc2C1=Cc1ccccc1O. The van der Waals surface area contributed by atoms with Gasteiger partial charge in [0.1, 0.15) is 5.75 Å². The van der Waals surface area contributed by atoms with Gasteiger partial charge in [-0.1, -0.05) is 29.8 Å². The van der Waals surface area contributed by atoms with E-state index in [2.05, 4.69) is 5.32 Å². The molecule has 0 aromatic heterocycles. The Morgan fingerprint density at radius 1 is 1.16 bits per heavy atom. The molecule has 0 spiro atoms. The van der Waals surface area contributed by atoms with Crippen LogP contribution in [0.1, 0.15) is 11.1 Å². The third-order valence-electron chi connectivity index (χ3n) is 3.00. The van der Waals surface area contributed by atoms with Crippen LogP contribution in [-0.2, 0) is 4.79 Å². The van der Waals surface area contributed by atoms with Crippen LogP contribution in [0.25, 0.3) is 11.6 Å². The second-order valence-corrected chi connectivity index (χ2v) is 4.70. The number of carbonyl (C=O) groups is 1. The summed E-state index contributed by atoms with van der Waals surface area (Å²) in [4.78, 5) is 12.0. The minimum atomic E-state index is -0.194. The van der Waals surface area contributed by atoms with Crippen molar-refractivity contribution in [1.82, 2.24) is 0 Å². The number of fused-ring (bicyclic) bond motifs is 1. The summed E-state index contributed by atoms with van der Waals surface area (Å²) in [5, 5.41) is 13.1. The Morgan fingerprint density at radius 3 is 2.74 bits per heavy atom. The number of benzene rings is 2. The average molecular weight is 272 g/mol. The number of halogens is 1. The fraction of sp³-hybridized carbons (Fsp3) is 0. The van der Waals surface area contributed by atoms with Gasteiger partial charge in [-0.2, -0.15) is 0 Å². The van der Waals surface area contributed by atoms with Gasteiger partial charge in [-0.05, 0) is 30.3 Å². The van der Waals surface area contributed by atoms with E-state index in [1.165, 1.54) is 0 Å². The third-order valence-corrected chi connectivity index (χ3v) is 3.24. The van der Waals surface area contributed by atoms with Crippen molar-refractivity contribution in [2.45, 2.75) is 0 Å². The number of hydrogen-bond acceptors (Lipinski definition) is 2. The largest absolute Gasteiger partial charge is 0.507 e. The van der Waals surface area contributed by atoms with Gasteiger partial charge in [-0.3, -0.25) is 4.79 Å². The standard InChI is InChI=1S/C15H10ClNO2/c16-10-5-6-13-11(8-10)12(15(19)17-13)7-9-3-1-2-4-14(9)18/h1-8,18H,(H,17,19). The van der Waals surface area contributed by atoms with E-state index in [-0.39, 0.29) is 11.7 Å². The van der Waals surface area contributed by atoms with E-state index in [1.807, 2.05) is 0 Å². The van der Waals surface area contributed by atoms with Crippen molar-refractivity contribution in [3.8, 4) is 5.75 Å². The molecule has 3 rings (SSSR count). The van der Waals surface area contributed by atoms with Crippen molar-refractivity contribution in [2.24, 2.45) is 0 Å². The summed E-state index contributed by atoms with van der Waals surface area (Å²) in [5.41, 5.74) is 2.58. The normalized spacial score (nSPS) is 15.4. The molecule has 2 N–H and O–H groups in total. The summed E-state index contributed by atoms with van der Waals surface area (Å²) in [6.07, 6.45) is 1.66. The van der Waals surface area contributed by atoms with Gasteiger partial charge in [0.25, 0.3) is 5.91 Å². The molecule has 0 unspecified atom stereocenters. The van der Waals surface area contributed by atoms with E-state index in [0.29, 0.717) is 16.2 Å². The first-order valence-electron chi connectivity index (χ1n) is 5.76. The summed E-state index contributed by atoms with van der Waals surface area (Å²) in [6.45, 7) is 0. The summed E-state index contributed by atoms with van der Waals surface area (Å²) < 4.78 is 0. The summed E-state index contributed by atoms with van der Waals surface area (Å²) in [5.74, 6) is -0.0567. The lowest BCUT2D eigenvalue weighted by molar-refractivity contribution is -0.110. The molecular weight excluding hydrogens is 262 g/mol. The molecule has 0 radical (unpaired) electrons. The quantitative estimate of drug-likeness (QED) is 0.780. The number of amides is 1. The molecule has 1 heterocycles. The van der Waals surface area contributed by atoms with Crippen LogP contribution < -0.4 is 5.32 Å². The number of rotatable bonds is 1. The van der Waals surface area contributed by atoms with Gasteiger partial charge in [0, 0.05) is 27.4 Å². The van der Waals surface area contributed by atoms with Gasteiger partial charge in [0.2, 0.25) is 0 Å². The number of para-hydroxylation sites is 1. The van der Waals surface area contributed by atoms with E-state index < -0.39 is 0 Å². The number of nitrogens with one attached hydrogen (secondary N) is 1. The summed E-state index contributed by atoms with van der Waals surface area (Å²) >= 11 is 5.95. The van der Waals surface area contributed by atoms with Crippen molar-refractivity contribution < 1.29 is 9.90 Å². The van der Waals surface area contributed by atoms with Gasteiger partial charge in [0.05, 0.1) is 0 Å². The minimum absolute atomic E-state index is 0.137. The van der Waals surface area contributed by atoms with Crippen molar-refractivity contribution in [3.63, 3.8) is 0 Å². The minimum Gasteiger partial charge on any atom is -0.507 e. The third kappa shape index (κ3) is 2.09. The fourth-order valence-electron chi connectivity index (χ4n) is 2.07. The van der Waals surface area contributed by atoms with Gasteiger partial charge < -0.3 is 10.4 Å². The van der Waals surface area contributed by atoms with Crippen molar-refractivity contribution in [1.29, 1.82) is 0 Å². The molecule has 2 aromatic rings. The molecule has 3 nitrogen and oxygen atoms in total. The Labute approximate surface area is 115 Å². The maximum Gasteiger partial charge on any atom is 0.256 e. The molecule has 1 aliphatic rings. The average Bonchev–Trinajstić information content (AvgIpc) is 2.69. The summed E-state index contributed by atoms with van der Waals surface area (Å²) in [7, 11) is 0. The zero-order valence-corrected chi connectivity index (χ0v) is 10.6. The predicted molar refractivity (Wildman–Crippen MR) is 76.1 cm³/mol. The number of anilines is 1. The highest BCUT2D eigenvalue weighted by atomic mass is 35.5. The maximum absolute atomic E-state index is 12.0. The molecule has 94 valence electrons. The Balaban J connectivity index is 2.14. The maximum atomic E-state index is 12.0. The van der Waals surface area contributed by atoms with Crippen LogP contribution in [0.2, 0.25) is 5.02 Å². The lowest BCUT2D eigenvalue weighted by atomic mass is 10.0. The predicted octanol–water partition coefficient (Wildman–Crippen LogP) is 3.54. The van der Waals surface area contributed by atoms with Crippen LogP contribution in [0.15, 0.2) is 42.5 Å². The fourth-order valence-corrected chi connectivity index (χ4v) is 2.24. The number of hydrogen-bond donors (Lipinski definition) is 2. The topological polar surface area (TPSA) is 49.3 Å². The lowest BCUT2D eigenvalue weighted by Gasteiger charge is -2.01. The van der Waals surface area contributed by atoms with E-state index in [0.717, 1.165) is 11.3 Å². The molecule has 1 aliphatic heterocycles. The molecule has 19 heavy (non-hydrogen) atoms. The molecule has 4 heteroatoms. The zero-order chi connectivity index (χ0) is 13.4. The number of aromatic hydroxyl groups is 1. The van der Waals surface area contributed by atoms with Crippen LogP contribution in [0.5, 0.6) is 5.75 Å². The molecule has 0 bridgehead atoms. The highest BCUT2D eigenvalue weighted by molar-refractivity contribution is 6.36. The van der Waals surface area contributed by atoms with Gasteiger partial charge in [-0.25, -0.2) is 0 Å². The van der Waals surface area contributed by atoms with Gasteiger partial charge in [-0.15, -0.1) is 0 Å². The number of phenolic OH excluding ortho intramolecular Hbond substituents is 1. The van der Waals surface area contributed by atoms with Crippen molar-refractivity contribution in [2.75, 3.05) is 5.32 Å². The van der Waals surface area contributed by atoms with Crippen LogP contribution in [0.4, 0.5) is 5.69 Å². The van der Waals surface area contributed by atoms with Crippen LogP contribution in [0.3, 0.4) is 0 Å². The van der Waals surface area contributed by atoms with Crippen molar-refractivity contribution in [3.05, 3.63) is 58.6 Å². The first-order chi connectivity index (χ1) is 9.15. The lowest BCUT2D eigenvalue weighted by Crippen LogP contribution is -2.03. The van der Waals surface area contributed by atoms with E-state index in [4.69, 9.17) is 11.6 Å². The molecule has 0 saturated heterocycles. The van der Waals surface area contributed by atoms with Crippen LogP contribution >= 0.6 is 11.6 Å². The molecule has 0 atom stereocenters. The smallest absolute Gasteiger partial charge is 0.256 e.